The van der Waals surface area contributed by atoms with E-state index in [9.17, 15) is 9.18 Å². The van der Waals surface area contributed by atoms with E-state index in [1.165, 1.54) is 12.1 Å². The van der Waals surface area contributed by atoms with Crippen LogP contribution in [0.2, 0.25) is 0 Å². The van der Waals surface area contributed by atoms with E-state index in [1.54, 1.807) is 12.3 Å². The first-order valence-electron chi connectivity index (χ1n) is 10.0. The van der Waals surface area contributed by atoms with E-state index < -0.39 is 0 Å². The number of hydrogen-bond acceptors (Lipinski definition) is 3. The Balaban J connectivity index is 1.55. The Kier molecular flexibility index (Phi) is 5.05. The summed E-state index contributed by atoms with van der Waals surface area (Å²) in [6.07, 6.45) is 6.90. The molecular weight excluding hydrogens is 353 g/mol. The van der Waals surface area contributed by atoms with Gasteiger partial charge in [0.15, 0.2) is 0 Å². The number of aromatic nitrogens is 1. The molecule has 6 atom stereocenters. The summed E-state index contributed by atoms with van der Waals surface area (Å²) >= 11 is 0. The molecule has 0 bridgehead atoms. The van der Waals surface area contributed by atoms with Crippen LogP contribution in [0.15, 0.2) is 48.7 Å². The number of rotatable bonds is 3. The van der Waals surface area contributed by atoms with Crippen LogP contribution in [0.5, 0.6) is 0 Å². The van der Waals surface area contributed by atoms with E-state index in [-0.39, 0.29) is 29.7 Å². The van der Waals surface area contributed by atoms with Crippen molar-refractivity contribution in [2.45, 2.75) is 33.3 Å². The third-order valence-corrected chi connectivity index (χ3v) is 6.62. The highest BCUT2D eigenvalue weighted by Gasteiger charge is 2.51. The number of benzene rings is 1. The number of ether oxygens (including phenoxy) is 1. The molecule has 1 unspecified atom stereocenters. The molecule has 0 radical (unpaired) electrons. The smallest absolute Gasteiger partial charge is 0.309 e. The van der Waals surface area contributed by atoms with Crippen LogP contribution in [0.4, 0.5) is 4.39 Å². The summed E-state index contributed by atoms with van der Waals surface area (Å²) in [5.74, 6) is 1.23. The molecule has 1 aromatic heterocycles. The summed E-state index contributed by atoms with van der Waals surface area (Å²) in [4.78, 5) is 16.7. The van der Waals surface area contributed by atoms with Crippen LogP contribution >= 0.6 is 0 Å². The van der Waals surface area contributed by atoms with E-state index in [0.717, 1.165) is 23.2 Å². The van der Waals surface area contributed by atoms with Gasteiger partial charge in [-0.05, 0) is 60.9 Å². The van der Waals surface area contributed by atoms with Crippen LogP contribution < -0.4 is 0 Å². The molecule has 1 aliphatic carbocycles. The lowest BCUT2D eigenvalue weighted by Crippen LogP contribution is -2.39. The standard InChI is InChI=1S/C24H26FNO2/c1-14-11-22-23(16(3)28-24(22)27)21(15(14)2)10-9-20-8-7-18(13-26-20)17-5-4-6-19(25)12-17/h4-10,12-16,21-23H,11H2,1-3H3/b10-9+/t14-,15+,16+,21-,22?,23-/m0/s1. The average Bonchev–Trinajstić information content (AvgIpc) is 2.96. The Hall–Kier alpha value is -2.49. The Morgan fingerprint density at radius 2 is 1.96 bits per heavy atom. The number of esters is 1. The maximum atomic E-state index is 13.4. The summed E-state index contributed by atoms with van der Waals surface area (Å²) in [5.41, 5.74) is 2.57. The van der Waals surface area contributed by atoms with E-state index in [2.05, 4.69) is 24.9 Å². The maximum absolute atomic E-state index is 13.4. The highest BCUT2D eigenvalue weighted by Crippen LogP contribution is 2.48. The van der Waals surface area contributed by atoms with Gasteiger partial charge in [-0.1, -0.05) is 38.1 Å². The second-order valence-electron chi connectivity index (χ2n) is 8.32. The van der Waals surface area contributed by atoms with Crippen molar-refractivity contribution >= 4 is 12.0 Å². The van der Waals surface area contributed by atoms with Crippen molar-refractivity contribution < 1.29 is 13.9 Å². The number of allylic oxidation sites excluding steroid dienone is 1. The molecule has 1 aromatic carbocycles. The van der Waals surface area contributed by atoms with Gasteiger partial charge in [-0.3, -0.25) is 9.78 Å². The molecule has 0 spiro atoms. The topological polar surface area (TPSA) is 39.2 Å². The minimum absolute atomic E-state index is 0.0131. The molecule has 2 aromatic rings. The molecule has 2 fully saturated rings. The first-order valence-corrected chi connectivity index (χ1v) is 10.0. The van der Waals surface area contributed by atoms with Gasteiger partial charge in [0.05, 0.1) is 11.6 Å². The summed E-state index contributed by atoms with van der Waals surface area (Å²) in [7, 11) is 0. The summed E-state index contributed by atoms with van der Waals surface area (Å²) in [5, 5.41) is 0. The van der Waals surface area contributed by atoms with E-state index in [1.807, 2.05) is 31.2 Å². The number of carbonyl (C=O) groups excluding carboxylic acids is 1. The number of fused-ring (bicyclic) bond motifs is 1. The minimum Gasteiger partial charge on any atom is -0.462 e. The molecule has 1 aliphatic heterocycles. The Bertz CT molecular complexity index is 892. The molecule has 4 heteroatoms. The van der Waals surface area contributed by atoms with Gasteiger partial charge in [-0.15, -0.1) is 0 Å². The monoisotopic (exact) mass is 379 g/mol. The van der Waals surface area contributed by atoms with Gasteiger partial charge in [0.2, 0.25) is 0 Å². The summed E-state index contributed by atoms with van der Waals surface area (Å²) < 4.78 is 19.0. The Morgan fingerprint density at radius 1 is 1.14 bits per heavy atom. The van der Waals surface area contributed by atoms with Crippen molar-refractivity contribution in [1.82, 2.24) is 4.98 Å². The van der Waals surface area contributed by atoms with Gasteiger partial charge in [-0.25, -0.2) is 4.39 Å². The van der Waals surface area contributed by atoms with Crippen molar-refractivity contribution in [3.63, 3.8) is 0 Å². The zero-order valence-corrected chi connectivity index (χ0v) is 16.5. The Morgan fingerprint density at radius 3 is 2.68 bits per heavy atom. The molecule has 3 nitrogen and oxygen atoms in total. The third-order valence-electron chi connectivity index (χ3n) is 6.62. The van der Waals surface area contributed by atoms with Crippen LogP contribution in [0.25, 0.3) is 17.2 Å². The molecule has 0 N–H and O–H groups in total. The Labute approximate surface area is 165 Å². The van der Waals surface area contributed by atoms with Crippen LogP contribution in [-0.2, 0) is 9.53 Å². The molecular formula is C24H26FNO2. The largest absolute Gasteiger partial charge is 0.462 e. The van der Waals surface area contributed by atoms with Crippen LogP contribution in [0.1, 0.15) is 32.9 Å². The molecule has 28 heavy (non-hydrogen) atoms. The second-order valence-corrected chi connectivity index (χ2v) is 8.32. The fraction of sp³-hybridized carbons (Fsp3) is 0.417. The zero-order valence-electron chi connectivity index (χ0n) is 16.5. The molecule has 2 aliphatic rings. The van der Waals surface area contributed by atoms with Crippen molar-refractivity contribution in [3.05, 3.63) is 60.2 Å². The van der Waals surface area contributed by atoms with Crippen LogP contribution in [0, 0.1) is 35.4 Å². The van der Waals surface area contributed by atoms with Crippen molar-refractivity contribution in [2.24, 2.45) is 29.6 Å². The number of cyclic esters (lactones) is 1. The van der Waals surface area contributed by atoms with Crippen LogP contribution in [0.3, 0.4) is 0 Å². The fourth-order valence-corrected chi connectivity index (χ4v) is 4.87. The predicted molar refractivity (Wildman–Crippen MR) is 108 cm³/mol. The quantitative estimate of drug-likeness (QED) is 0.673. The van der Waals surface area contributed by atoms with Gasteiger partial charge < -0.3 is 4.74 Å². The summed E-state index contributed by atoms with van der Waals surface area (Å²) in [6, 6.07) is 10.4. The number of pyridine rings is 1. The first-order chi connectivity index (χ1) is 13.4. The van der Waals surface area contributed by atoms with Crippen molar-refractivity contribution in [1.29, 1.82) is 0 Å². The first kappa shape index (κ1) is 18.9. The highest BCUT2D eigenvalue weighted by molar-refractivity contribution is 5.75. The second kappa shape index (κ2) is 7.50. The zero-order chi connectivity index (χ0) is 19.8. The molecule has 2 heterocycles. The average molecular weight is 379 g/mol. The highest BCUT2D eigenvalue weighted by atomic mass is 19.1. The van der Waals surface area contributed by atoms with Crippen molar-refractivity contribution in [3.8, 4) is 11.1 Å². The lowest BCUT2D eigenvalue weighted by molar-refractivity contribution is -0.144. The van der Waals surface area contributed by atoms with E-state index in [4.69, 9.17) is 4.74 Å². The fourth-order valence-electron chi connectivity index (χ4n) is 4.87. The SMILES string of the molecule is C[C@H]1[C@H](/C=C/c2ccc(-c3cccc(F)c3)cn2)[C@H]2C(C[C@@H]1C)C(=O)O[C@@H]2C. The van der Waals surface area contributed by atoms with Crippen molar-refractivity contribution in [2.75, 3.05) is 0 Å². The van der Waals surface area contributed by atoms with Gasteiger partial charge in [0.1, 0.15) is 11.9 Å². The van der Waals surface area contributed by atoms with Crippen LogP contribution in [-0.4, -0.2) is 17.1 Å². The molecule has 4 rings (SSSR count). The van der Waals surface area contributed by atoms with E-state index in [0.29, 0.717) is 17.8 Å². The van der Waals surface area contributed by atoms with Gasteiger partial charge in [-0.2, -0.15) is 0 Å². The lowest BCUT2D eigenvalue weighted by atomic mass is 9.62. The number of halogens is 1. The molecule has 146 valence electrons. The normalized spacial score (nSPS) is 32.4. The maximum Gasteiger partial charge on any atom is 0.309 e. The lowest BCUT2D eigenvalue weighted by Gasteiger charge is -2.40. The number of hydrogen-bond donors (Lipinski definition) is 0. The number of carbonyl (C=O) groups is 1. The third kappa shape index (κ3) is 3.48. The van der Waals surface area contributed by atoms with Gasteiger partial charge in [0.25, 0.3) is 0 Å². The minimum atomic E-state index is -0.251. The van der Waals surface area contributed by atoms with Gasteiger partial charge in [0, 0.05) is 17.7 Å². The molecule has 1 saturated heterocycles. The summed E-state index contributed by atoms with van der Waals surface area (Å²) in [6.45, 7) is 6.51. The number of nitrogens with zero attached hydrogens (tertiary/aromatic N) is 1. The molecule has 1 saturated carbocycles. The molecule has 0 amide bonds. The van der Waals surface area contributed by atoms with E-state index >= 15 is 0 Å². The van der Waals surface area contributed by atoms with Gasteiger partial charge >= 0.3 is 5.97 Å². The predicted octanol–water partition coefficient (Wildman–Crippen LogP) is 5.37.